The lowest BCUT2D eigenvalue weighted by molar-refractivity contribution is 0.0523. The molecule has 0 aromatic heterocycles. The molecule has 0 aliphatic heterocycles. The van der Waals surface area contributed by atoms with Gasteiger partial charge in [-0.15, -0.1) is 0 Å². The average Bonchev–Trinajstić information content (AvgIpc) is 2.39. The van der Waals surface area contributed by atoms with Crippen LogP contribution in [-0.2, 0) is 4.74 Å². The third kappa shape index (κ3) is 3.35. The molecule has 0 heterocycles. The number of ether oxygens (including phenoxy) is 2. The van der Waals surface area contributed by atoms with E-state index >= 15 is 0 Å². The summed E-state index contributed by atoms with van der Waals surface area (Å²) in [7, 11) is 0. The molecule has 0 aliphatic carbocycles. The van der Waals surface area contributed by atoms with Gasteiger partial charge in [0.1, 0.15) is 22.9 Å². The lowest BCUT2D eigenvalue weighted by Gasteiger charge is -2.11. The van der Waals surface area contributed by atoms with Crippen molar-refractivity contribution in [3.63, 3.8) is 0 Å². The van der Waals surface area contributed by atoms with Gasteiger partial charge in [-0.25, -0.2) is 9.18 Å². The van der Waals surface area contributed by atoms with E-state index < -0.39 is 11.8 Å². The zero-order chi connectivity index (χ0) is 14.5. The topological polar surface area (TPSA) is 35.5 Å². The van der Waals surface area contributed by atoms with Crippen LogP contribution in [0.4, 0.5) is 4.39 Å². The first-order valence-corrected chi connectivity index (χ1v) is 6.31. The molecule has 3 nitrogen and oxygen atoms in total. The van der Waals surface area contributed by atoms with Gasteiger partial charge in [-0.05, 0) is 43.7 Å². The molecule has 0 bridgehead atoms. The quantitative estimate of drug-likeness (QED) is 0.787. The van der Waals surface area contributed by atoms with Gasteiger partial charge in [-0.3, -0.25) is 0 Å². The Morgan fingerprint density at radius 3 is 2.70 bits per heavy atom. The Bertz CT molecular complexity index is 623. The lowest BCUT2D eigenvalue weighted by Crippen LogP contribution is -2.06. The summed E-state index contributed by atoms with van der Waals surface area (Å²) >= 11 is 0. The SMILES string of the molecule is CCOC(=O)c1ccc(F)cc1Oc1cccc(C)c1. The molecule has 0 aliphatic rings. The number of esters is 1. The van der Waals surface area contributed by atoms with E-state index in [0.717, 1.165) is 5.56 Å². The van der Waals surface area contributed by atoms with Crippen LogP contribution in [0.15, 0.2) is 42.5 Å². The minimum atomic E-state index is -0.532. The van der Waals surface area contributed by atoms with Crippen molar-refractivity contribution in [1.82, 2.24) is 0 Å². The van der Waals surface area contributed by atoms with Crippen LogP contribution in [0.1, 0.15) is 22.8 Å². The molecule has 20 heavy (non-hydrogen) atoms. The van der Waals surface area contributed by atoms with E-state index in [0.29, 0.717) is 5.75 Å². The molecule has 0 saturated carbocycles. The van der Waals surface area contributed by atoms with E-state index in [1.54, 1.807) is 19.1 Å². The predicted octanol–water partition coefficient (Wildman–Crippen LogP) is 4.10. The van der Waals surface area contributed by atoms with Crippen molar-refractivity contribution < 1.29 is 18.7 Å². The number of carbonyl (C=O) groups excluding carboxylic acids is 1. The third-order valence-electron chi connectivity index (χ3n) is 2.66. The van der Waals surface area contributed by atoms with Crippen LogP contribution in [0.2, 0.25) is 0 Å². The molecule has 2 rings (SSSR count). The fourth-order valence-electron chi connectivity index (χ4n) is 1.76. The number of aryl methyl sites for hydroxylation is 1. The van der Waals surface area contributed by atoms with Crippen molar-refractivity contribution >= 4 is 5.97 Å². The molecular formula is C16H15FO3. The molecule has 0 unspecified atom stereocenters. The highest BCUT2D eigenvalue weighted by Gasteiger charge is 2.15. The summed E-state index contributed by atoms with van der Waals surface area (Å²) in [6, 6.07) is 11.0. The molecule has 2 aromatic carbocycles. The molecule has 0 spiro atoms. The molecule has 0 fully saturated rings. The van der Waals surface area contributed by atoms with Gasteiger partial charge in [-0.2, -0.15) is 0 Å². The zero-order valence-corrected chi connectivity index (χ0v) is 11.4. The predicted molar refractivity (Wildman–Crippen MR) is 73.6 cm³/mol. The Morgan fingerprint density at radius 1 is 1.20 bits per heavy atom. The molecule has 104 valence electrons. The summed E-state index contributed by atoms with van der Waals surface area (Å²) in [5.74, 6) is -0.314. The van der Waals surface area contributed by atoms with Gasteiger partial charge in [0, 0.05) is 6.07 Å². The van der Waals surface area contributed by atoms with Crippen LogP contribution in [0.25, 0.3) is 0 Å². The van der Waals surface area contributed by atoms with Crippen molar-refractivity contribution in [1.29, 1.82) is 0 Å². The van der Waals surface area contributed by atoms with Crippen molar-refractivity contribution in [2.75, 3.05) is 6.61 Å². The number of hydrogen-bond acceptors (Lipinski definition) is 3. The first-order chi connectivity index (χ1) is 9.60. The molecule has 0 amide bonds. The van der Waals surface area contributed by atoms with Crippen molar-refractivity contribution in [3.05, 3.63) is 59.4 Å². The summed E-state index contributed by atoms with van der Waals surface area (Å²) in [5, 5.41) is 0. The Kier molecular flexibility index (Phi) is 4.35. The van der Waals surface area contributed by atoms with Gasteiger partial charge in [0.25, 0.3) is 0 Å². The maximum atomic E-state index is 13.3. The first kappa shape index (κ1) is 14.1. The van der Waals surface area contributed by atoms with E-state index in [9.17, 15) is 9.18 Å². The van der Waals surface area contributed by atoms with Crippen LogP contribution in [0, 0.1) is 12.7 Å². The highest BCUT2D eigenvalue weighted by atomic mass is 19.1. The van der Waals surface area contributed by atoms with Gasteiger partial charge >= 0.3 is 5.97 Å². The molecule has 0 atom stereocenters. The first-order valence-electron chi connectivity index (χ1n) is 6.31. The summed E-state index contributed by atoms with van der Waals surface area (Å²) in [5.41, 5.74) is 1.21. The van der Waals surface area contributed by atoms with Crippen molar-refractivity contribution in [2.45, 2.75) is 13.8 Å². The second-order valence-electron chi connectivity index (χ2n) is 4.28. The highest BCUT2D eigenvalue weighted by Crippen LogP contribution is 2.27. The highest BCUT2D eigenvalue weighted by molar-refractivity contribution is 5.92. The average molecular weight is 274 g/mol. The van der Waals surface area contributed by atoms with Gasteiger partial charge in [0.05, 0.1) is 6.61 Å². The van der Waals surface area contributed by atoms with Crippen LogP contribution in [0.5, 0.6) is 11.5 Å². The van der Waals surface area contributed by atoms with Crippen LogP contribution in [0.3, 0.4) is 0 Å². The summed E-state index contributed by atoms with van der Waals surface area (Å²) < 4.78 is 23.9. The zero-order valence-electron chi connectivity index (χ0n) is 11.4. The maximum Gasteiger partial charge on any atom is 0.341 e. The van der Waals surface area contributed by atoms with Gasteiger partial charge in [0.15, 0.2) is 0 Å². The summed E-state index contributed by atoms with van der Waals surface area (Å²) in [4.78, 5) is 11.8. The number of rotatable bonds is 4. The standard InChI is InChI=1S/C16H15FO3/c1-3-19-16(18)14-8-7-12(17)10-15(14)20-13-6-4-5-11(2)9-13/h4-10H,3H2,1-2H3. The summed E-state index contributed by atoms with van der Waals surface area (Å²) in [6.07, 6.45) is 0. The Hall–Kier alpha value is -2.36. The molecule has 0 N–H and O–H groups in total. The Morgan fingerprint density at radius 2 is 2.00 bits per heavy atom. The molecule has 0 saturated heterocycles. The number of carbonyl (C=O) groups is 1. The van der Waals surface area contributed by atoms with Crippen LogP contribution < -0.4 is 4.74 Å². The molecular weight excluding hydrogens is 259 g/mol. The number of benzene rings is 2. The van der Waals surface area contributed by atoms with E-state index in [4.69, 9.17) is 9.47 Å². The van der Waals surface area contributed by atoms with Gasteiger partial charge in [0.2, 0.25) is 0 Å². The summed E-state index contributed by atoms with van der Waals surface area (Å²) in [6.45, 7) is 3.88. The smallest absolute Gasteiger partial charge is 0.341 e. The molecule has 4 heteroatoms. The normalized spacial score (nSPS) is 10.2. The number of hydrogen-bond donors (Lipinski definition) is 0. The monoisotopic (exact) mass is 274 g/mol. The Labute approximate surface area is 117 Å². The van der Waals surface area contributed by atoms with E-state index in [1.807, 2.05) is 19.1 Å². The van der Waals surface area contributed by atoms with E-state index in [2.05, 4.69) is 0 Å². The minimum Gasteiger partial charge on any atom is -0.462 e. The van der Waals surface area contributed by atoms with E-state index in [-0.39, 0.29) is 17.9 Å². The Balaban J connectivity index is 2.34. The molecule has 2 aromatic rings. The second kappa shape index (κ2) is 6.19. The second-order valence-corrected chi connectivity index (χ2v) is 4.28. The number of halogens is 1. The van der Waals surface area contributed by atoms with E-state index in [1.165, 1.54) is 18.2 Å². The maximum absolute atomic E-state index is 13.3. The third-order valence-corrected chi connectivity index (χ3v) is 2.66. The largest absolute Gasteiger partial charge is 0.462 e. The fraction of sp³-hybridized carbons (Fsp3) is 0.188. The van der Waals surface area contributed by atoms with Crippen LogP contribution in [-0.4, -0.2) is 12.6 Å². The van der Waals surface area contributed by atoms with Gasteiger partial charge in [-0.1, -0.05) is 12.1 Å². The van der Waals surface area contributed by atoms with Crippen molar-refractivity contribution in [2.24, 2.45) is 0 Å². The van der Waals surface area contributed by atoms with Gasteiger partial charge < -0.3 is 9.47 Å². The lowest BCUT2D eigenvalue weighted by atomic mass is 10.2. The van der Waals surface area contributed by atoms with Crippen molar-refractivity contribution in [3.8, 4) is 11.5 Å². The van der Waals surface area contributed by atoms with Crippen LogP contribution >= 0.6 is 0 Å². The fourth-order valence-corrected chi connectivity index (χ4v) is 1.76. The minimum absolute atomic E-state index is 0.147. The molecule has 0 radical (unpaired) electrons.